The van der Waals surface area contributed by atoms with E-state index in [1.54, 1.807) is 14.2 Å². The van der Waals surface area contributed by atoms with Gasteiger partial charge in [0.2, 0.25) is 11.8 Å². The molecule has 0 bridgehead atoms. The highest BCUT2D eigenvalue weighted by Gasteiger charge is 2.40. The number of methoxy groups -OCH3 is 2. The predicted octanol–water partition coefficient (Wildman–Crippen LogP) is 3.14. The van der Waals surface area contributed by atoms with Crippen LogP contribution in [-0.4, -0.2) is 114 Å². The van der Waals surface area contributed by atoms with Gasteiger partial charge in [-0.05, 0) is 72.1 Å². The molecule has 47 heavy (non-hydrogen) atoms. The van der Waals surface area contributed by atoms with E-state index in [1.807, 2.05) is 26.1 Å². The average Bonchev–Trinajstić information content (AvgIpc) is 2.98. The molecule has 0 atom stereocenters. The Bertz CT molecular complexity index is 919. The summed E-state index contributed by atoms with van der Waals surface area (Å²) in [7, 11) is 3.17. The second kappa shape index (κ2) is 22.8. The Kier molecular flexibility index (Phi) is 20.5. The van der Waals surface area contributed by atoms with Gasteiger partial charge in [0.1, 0.15) is 5.60 Å². The minimum absolute atomic E-state index is 0.0102. The molecule has 2 fully saturated rings. The molecule has 274 valence electrons. The van der Waals surface area contributed by atoms with Gasteiger partial charge in [0.05, 0.1) is 39.6 Å². The van der Waals surface area contributed by atoms with E-state index >= 15 is 0 Å². The van der Waals surface area contributed by atoms with Crippen LogP contribution in [0.4, 0.5) is 18.0 Å². The highest BCUT2D eigenvalue weighted by Crippen LogP contribution is 2.22. The molecule has 0 aliphatic heterocycles. The van der Waals surface area contributed by atoms with Crippen LogP contribution >= 0.6 is 0 Å². The van der Waals surface area contributed by atoms with Crippen molar-refractivity contribution in [2.45, 2.75) is 121 Å². The van der Waals surface area contributed by atoms with Crippen LogP contribution in [-0.2, 0) is 38.1 Å². The van der Waals surface area contributed by atoms with E-state index in [0.717, 1.165) is 25.7 Å². The van der Waals surface area contributed by atoms with Gasteiger partial charge in [-0.25, -0.2) is 4.79 Å². The van der Waals surface area contributed by atoms with Crippen molar-refractivity contribution in [2.24, 2.45) is 0 Å². The number of halogens is 3. The number of nitrogens with one attached hydrogen (secondary N) is 4. The lowest BCUT2D eigenvalue weighted by Crippen LogP contribution is -2.47. The van der Waals surface area contributed by atoms with Crippen molar-refractivity contribution >= 4 is 23.8 Å². The second-order valence-electron chi connectivity index (χ2n) is 12.6. The lowest BCUT2D eigenvalue weighted by atomic mass is 9.91. The molecule has 2 aliphatic carbocycles. The molecule has 2 saturated carbocycles. The second-order valence-corrected chi connectivity index (χ2v) is 12.6. The third kappa shape index (κ3) is 21.7. The van der Waals surface area contributed by atoms with Gasteiger partial charge in [-0.15, -0.1) is 0 Å². The summed E-state index contributed by atoms with van der Waals surface area (Å²) in [5, 5.41) is 10.7. The summed E-state index contributed by atoms with van der Waals surface area (Å²) in [6.07, 6.45) is 0.675. The monoisotopic (exact) mass is 684 g/mol. The topological polar surface area (TPSA) is 163 Å². The number of carbonyl (C=O) groups is 4. The van der Waals surface area contributed by atoms with Crippen LogP contribution in [0.15, 0.2) is 0 Å². The predicted molar refractivity (Wildman–Crippen MR) is 167 cm³/mol. The fraction of sp³-hybridized carbons (Fsp3) is 0.871. The smallest absolute Gasteiger partial charge is 0.444 e. The summed E-state index contributed by atoms with van der Waals surface area (Å²) < 4.78 is 61.9. The molecular weight excluding hydrogens is 629 g/mol. The van der Waals surface area contributed by atoms with Crippen LogP contribution in [0.3, 0.4) is 0 Å². The largest absolute Gasteiger partial charge is 0.471 e. The first-order chi connectivity index (χ1) is 22.1. The van der Waals surface area contributed by atoms with Crippen LogP contribution in [0.1, 0.15) is 85.0 Å². The Morgan fingerprint density at radius 2 is 0.936 bits per heavy atom. The highest BCUT2D eigenvalue weighted by molar-refractivity contribution is 5.82. The molecule has 0 heterocycles. The van der Waals surface area contributed by atoms with Crippen molar-refractivity contribution in [2.75, 3.05) is 53.9 Å². The third-order valence-electron chi connectivity index (χ3n) is 7.31. The Morgan fingerprint density at radius 1 is 0.574 bits per heavy atom. The fourth-order valence-electron chi connectivity index (χ4n) is 4.92. The van der Waals surface area contributed by atoms with Crippen molar-refractivity contribution in [1.29, 1.82) is 0 Å². The Labute approximate surface area is 276 Å². The average molecular weight is 685 g/mol. The number of alkyl halides is 3. The lowest BCUT2D eigenvalue weighted by molar-refractivity contribution is -0.174. The Balaban J connectivity index is 0.000000470. The first-order valence-corrected chi connectivity index (χ1v) is 16.2. The minimum Gasteiger partial charge on any atom is -0.444 e. The molecule has 4 N–H and O–H groups in total. The zero-order valence-electron chi connectivity index (χ0n) is 28.4. The molecule has 0 unspecified atom stereocenters. The van der Waals surface area contributed by atoms with Gasteiger partial charge in [-0.3, -0.25) is 14.4 Å². The number of carbonyl (C=O) groups excluding carboxylic acids is 4. The molecule has 0 aromatic rings. The maximum Gasteiger partial charge on any atom is 0.471 e. The zero-order chi connectivity index (χ0) is 35.3. The Morgan fingerprint density at radius 3 is 1.28 bits per heavy atom. The van der Waals surface area contributed by atoms with Crippen molar-refractivity contribution in [1.82, 2.24) is 21.3 Å². The van der Waals surface area contributed by atoms with E-state index in [2.05, 4.69) is 16.0 Å². The molecule has 0 aromatic heterocycles. The van der Waals surface area contributed by atoms with E-state index < -0.39 is 23.7 Å². The van der Waals surface area contributed by atoms with Crippen LogP contribution in [0.2, 0.25) is 0 Å². The highest BCUT2D eigenvalue weighted by atomic mass is 19.4. The van der Waals surface area contributed by atoms with Gasteiger partial charge in [-0.1, -0.05) is 0 Å². The maximum atomic E-state index is 12.2. The molecule has 0 saturated heterocycles. The van der Waals surface area contributed by atoms with Crippen molar-refractivity contribution in [3.63, 3.8) is 0 Å². The van der Waals surface area contributed by atoms with Gasteiger partial charge >= 0.3 is 18.2 Å². The SMILES string of the molecule is COCCOCCC(=O)NC1CCC(NC(=O)C(F)(F)F)CC1.COCCOCCC(=O)NC1CCC(NC(=O)OC(C)(C)C)CC1. The molecular formula is C31H55F3N4O9. The van der Waals surface area contributed by atoms with Crippen molar-refractivity contribution in [3.05, 3.63) is 0 Å². The summed E-state index contributed by atoms with van der Waals surface area (Å²) in [6, 6.07) is -0.270. The summed E-state index contributed by atoms with van der Waals surface area (Å²) in [5.74, 6) is -2.04. The molecule has 0 aromatic carbocycles. The van der Waals surface area contributed by atoms with Gasteiger partial charge in [0.25, 0.3) is 0 Å². The number of hydrogen-bond donors (Lipinski definition) is 4. The summed E-state index contributed by atoms with van der Waals surface area (Å²) in [4.78, 5) is 46.2. The van der Waals surface area contributed by atoms with E-state index in [0.29, 0.717) is 71.7 Å². The van der Waals surface area contributed by atoms with Crippen LogP contribution in [0.5, 0.6) is 0 Å². The van der Waals surface area contributed by atoms with E-state index in [4.69, 9.17) is 23.7 Å². The Hall–Kier alpha value is -2.69. The zero-order valence-corrected chi connectivity index (χ0v) is 28.4. The number of ether oxygens (including phenoxy) is 5. The standard InChI is InChI=1S/C17H32N2O5.C14H23F3N2O4/c1-17(2,3)24-16(21)19-14-7-5-13(6-8-14)18-15(20)9-10-23-12-11-22-4;1-22-8-9-23-7-6-12(20)18-10-2-4-11(5-3-10)19-13(21)14(15,16)17/h13-14H,5-12H2,1-4H3,(H,18,20)(H,19,21);10-11H,2-9H2,1H3,(H,18,20)(H,19,21). The number of amides is 4. The van der Waals surface area contributed by atoms with Gasteiger partial charge in [0.15, 0.2) is 0 Å². The van der Waals surface area contributed by atoms with E-state index in [9.17, 15) is 32.3 Å². The van der Waals surface area contributed by atoms with Crippen LogP contribution < -0.4 is 21.3 Å². The fourth-order valence-corrected chi connectivity index (χ4v) is 4.92. The van der Waals surface area contributed by atoms with Gasteiger partial charge in [0, 0.05) is 51.2 Å². The number of hydrogen-bond acceptors (Lipinski definition) is 9. The quantitative estimate of drug-likeness (QED) is 0.179. The molecule has 13 nitrogen and oxygen atoms in total. The minimum atomic E-state index is -4.85. The van der Waals surface area contributed by atoms with E-state index in [1.165, 1.54) is 0 Å². The normalized spacial score (nSPS) is 21.4. The maximum absolute atomic E-state index is 12.2. The number of alkyl carbamates (subject to hydrolysis) is 1. The van der Waals surface area contributed by atoms with Gasteiger partial charge < -0.3 is 45.0 Å². The molecule has 2 aliphatic rings. The lowest BCUT2D eigenvalue weighted by Gasteiger charge is -2.30. The van der Waals surface area contributed by atoms with Crippen LogP contribution in [0.25, 0.3) is 0 Å². The third-order valence-corrected chi connectivity index (χ3v) is 7.31. The van der Waals surface area contributed by atoms with Gasteiger partial charge in [-0.2, -0.15) is 13.2 Å². The summed E-state index contributed by atoms with van der Waals surface area (Å²) >= 11 is 0. The first-order valence-electron chi connectivity index (χ1n) is 16.2. The molecule has 4 amide bonds. The first kappa shape index (κ1) is 42.3. The summed E-state index contributed by atoms with van der Waals surface area (Å²) in [5.41, 5.74) is -0.486. The molecule has 0 radical (unpaired) electrons. The van der Waals surface area contributed by atoms with Crippen molar-refractivity contribution in [3.8, 4) is 0 Å². The molecule has 16 heteroatoms. The molecule has 0 spiro atoms. The van der Waals surface area contributed by atoms with Crippen LogP contribution in [0, 0.1) is 0 Å². The summed E-state index contributed by atoms with van der Waals surface area (Å²) in [6.45, 7) is 8.18. The van der Waals surface area contributed by atoms with E-state index in [-0.39, 0.29) is 42.5 Å². The molecule has 2 rings (SSSR count). The number of rotatable bonds is 16. The van der Waals surface area contributed by atoms with Crippen molar-refractivity contribution < 1.29 is 56.0 Å².